The summed E-state index contributed by atoms with van der Waals surface area (Å²) in [5.74, 6) is 1.66. The largest absolute Gasteiger partial charge is 0.497 e. The SMILES string of the molecule is COc1ccc(-c2cccc3ccccc23)c(-c2ncc[nH]2)c1. The van der Waals surface area contributed by atoms with E-state index in [9.17, 15) is 0 Å². The van der Waals surface area contributed by atoms with Gasteiger partial charge in [0.05, 0.1) is 7.11 Å². The van der Waals surface area contributed by atoms with Crippen LogP contribution in [0, 0.1) is 0 Å². The third-order valence-corrected chi connectivity index (χ3v) is 4.06. The number of imidazole rings is 1. The molecular formula is C20H16N2O. The Morgan fingerprint density at radius 1 is 0.870 bits per heavy atom. The maximum Gasteiger partial charge on any atom is 0.138 e. The molecule has 0 fully saturated rings. The minimum absolute atomic E-state index is 0.820. The molecule has 0 aliphatic heterocycles. The van der Waals surface area contributed by atoms with Gasteiger partial charge in [-0.2, -0.15) is 0 Å². The molecule has 0 saturated carbocycles. The molecule has 0 aliphatic rings. The zero-order chi connectivity index (χ0) is 15.6. The number of H-pyrrole nitrogens is 1. The van der Waals surface area contributed by atoms with Crippen LogP contribution in [0.15, 0.2) is 73.1 Å². The van der Waals surface area contributed by atoms with Crippen molar-refractivity contribution in [2.75, 3.05) is 7.11 Å². The van der Waals surface area contributed by atoms with E-state index in [4.69, 9.17) is 4.74 Å². The molecule has 0 saturated heterocycles. The molecule has 3 heteroatoms. The lowest BCUT2D eigenvalue weighted by Crippen LogP contribution is -1.91. The zero-order valence-corrected chi connectivity index (χ0v) is 12.8. The predicted octanol–water partition coefficient (Wildman–Crippen LogP) is 4.91. The fourth-order valence-corrected chi connectivity index (χ4v) is 2.95. The van der Waals surface area contributed by atoms with Crippen molar-refractivity contribution in [1.82, 2.24) is 9.97 Å². The summed E-state index contributed by atoms with van der Waals surface area (Å²) in [6, 6.07) is 20.9. The van der Waals surface area contributed by atoms with Gasteiger partial charge >= 0.3 is 0 Å². The summed E-state index contributed by atoms with van der Waals surface area (Å²) in [4.78, 5) is 7.61. The van der Waals surface area contributed by atoms with E-state index in [1.807, 2.05) is 18.3 Å². The number of hydrogen-bond donors (Lipinski definition) is 1. The molecule has 3 aromatic carbocycles. The van der Waals surface area contributed by atoms with Crippen molar-refractivity contribution >= 4 is 10.8 Å². The number of fused-ring (bicyclic) bond motifs is 1. The normalized spacial score (nSPS) is 10.8. The minimum atomic E-state index is 0.820. The van der Waals surface area contributed by atoms with Gasteiger partial charge in [-0.25, -0.2) is 4.98 Å². The quantitative estimate of drug-likeness (QED) is 0.584. The Balaban J connectivity index is 2.01. The van der Waals surface area contributed by atoms with Gasteiger partial charge in [0, 0.05) is 18.0 Å². The molecule has 0 amide bonds. The first kappa shape index (κ1) is 13.6. The number of benzene rings is 3. The Kier molecular flexibility index (Phi) is 3.31. The van der Waals surface area contributed by atoms with Gasteiger partial charge in [-0.05, 0) is 40.1 Å². The zero-order valence-electron chi connectivity index (χ0n) is 12.8. The average molecular weight is 300 g/mol. The third-order valence-electron chi connectivity index (χ3n) is 4.06. The van der Waals surface area contributed by atoms with Gasteiger partial charge in [0.25, 0.3) is 0 Å². The molecule has 4 rings (SSSR count). The smallest absolute Gasteiger partial charge is 0.138 e. The van der Waals surface area contributed by atoms with E-state index in [1.165, 1.54) is 16.3 Å². The van der Waals surface area contributed by atoms with Gasteiger partial charge in [-0.15, -0.1) is 0 Å². The molecule has 0 atom stereocenters. The second-order valence-corrected chi connectivity index (χ2v) is 5.38. The van der Waals surface area contributed by atoms with E-state index in [2.05, 4.69) is 58.5 Å². The number of aromatic amines is 1. The molecular weight excluding hydrogens is 284 g/mol. The fourth-order valence-electron chi connectivity index (χ4n) is 2.95. The monoisotopic (exact) mass is 300 g/mol. The predicted molar refractivity (Wildman–Crippen MR) is 93.5 cm³/mol. The fraction of sp³-hybridized carbons (Fsp3) is 0.0500. The molecule has 3 nitrogen and oxygen atoms in total. The minimum Gasteiger partial charge on any atom is -0.497 e. The second kappa shape index (κ2) is 5.61. The summed E-state index contributed by atoms with van der Waals surface area (Å²) in [5, 5.41) is 2.46. The van der Waals surface area contributed by atoms with Crippen molar-refractivity contribution in [2.45, 2.75) is 0 Å². The summed E-state index contributed by atoms with van der Waals surface area (Å²) in [7, 11) is 1.68. The summed E-state index contributed by atoms with van der Waals surface area (Å²) in [6.45, 7) is 0. The molecule has 0 bridgehead atoms. The first-order valence-electron chi connectivity index (χ1n) is 7.53. The van der Waals surface area contributed by atoms with E-state index >= 15 is 0 Å². The Bertz CT molecular complexity index is 953. The van der Waals surface area contributed by atoms with Crippen LogP contribution in [0.4, 0.5) is 0 Å². The standard InChI is InChI=1S/C20H16N2O/c1-23-15-9-10-18(19(13-15)20-21-11-12-22-20)17-8-4-6-14-5-2-3-7-16(14)17/h2-13H,1H3,(H,21,22). The maximum absolute atomic E-state index is 5.39. The van der Waals surface area contributed by atoms with Crippen LogP contribution < -0.4 is 4.74 Å². The number of methoxy groups -OCH3 is 1. The molecule has 1 heterocycles. The van der Waals surface area contributed by atoms with Gasteiger partial charge in [0.15, 0.2) is 0 Å². The van der Waals surface area contributed by atoms with Gasteiger partial charge < -0.3 is 9.72 Å². The van der Waals surface area contributed by atoms with Crippen LogP contribution in [0.25, 0.3) is 33.3 Å². The molecule has 1 N–H and O–H groups in total. The number of aromatic nitrogens is 2. The molecule has 4 aromatic rings. The molecule has 0 spiro atoms. The Hall–Kier alpha value is -3.07. The van der Waals surface area contributed by atoms with Crippen LogP contribution in [0.5, 0.6) is 5.75 Å². The van der Waals surface area contributed by atoms with Crippen molar-refractivity contribution in [2.24, 2.45) is 0 Å². The van der Waals surface area contributed by atoms with Crippen LogP contribution in [0.2, 0.25) is 0 Å². The summed E-state index contributed by atoms with van der Waals surface area (Å²) in [6.07, 6.45) is 3.60. The molecule has 0 unspecified atom stereocenters. The van der Waals surface area contributed by atoms with Crippen molar-refractivity contribution < 1.29 is 4.74 Å². The van der Waals surface area contributed by atoms with E-state index in [0.29, 0.717) is 0 Å². The van der Waals surface area contributed by atoms with Crippen molar-refractivity contribution in [1.29, 1.82) is 0 Å². The maximum atomic E-state index is 5.39. The Morgan fingerprint density at radius 2 is 1.74 bits per heavy atom. The molecule has 0 aliphatic carbocycles. The van der Waals surface area contributed by atoms with E-state index in [0.717, 1.165) is 22.7 Å². The lowest BCUT2D eigenvalue weighted by atomic mass is 9.94. The second-order valence-electron chi connectivity index (χ2n) is 5.38. The van der Waals surface area contributed by atoms with Gasteiger partial charge in [0.2, 0.25) is 0 Å². The summed E-state index contributed by atoms with van der Waals surface area (Å²) >= 11 is 0. The number of ether oxygens (including phenoxy) is 1. The first-order chi connectivity index (χ1) is 11.4. The molecule has 1 aromatic heterocycles. The molecule has 23 heavy (non-hydrogen) atoms. The van der Waals surface area contributed by atoms with Crippen LogP contribution in [-0.2, 0) is 0 Å². The Morgan fingerprint density at radius 3 is 2.57 bits per heavy atom. The lowest BCUT2D eigenvalue weighted by molar-refractivity contribution is 0.415. The van der Waals surface area contributed by atoms with E-state index < -0.39 is 0 Å². The molecule has 112 valence electrons. The number of nitrogens with one attached hydrogen (secondary N) is 1. The van der Waals surface area contributed by atoms with Crippen molar-refractivity contribution in [3.8, 4) is 28.3 Å². The summed E-state index contributed by atoms with van der Waals surface area (Å²) in [5.41, 5.74) is 3.36. The van der Waals surface area contributed by atoms with Crippen LogP contribution in [0.3, 0.4) is 0 Å². The lowest BCUT2D eigenvalue weighted by Gasteiger charge is -2.12. The molecule has 0 radical (unpaired) electrons. The van der Waals surface area contributed by atoms with E-state index in [-0.39, 0.29) is 0 Å². The average Bonchev–Trinajstić information content (AvgIpc) is 3.15. The highest BCUT2D eigenvalue weighted by Crippen LogP contribution is 2.36. The highest BCUT2D eigenvalue weighted by Gasteiger charge is 2.13. The van der Waals surface area contributed by atoms with E-state index in [1.54, 1.807) is 13.3 Å². The first-order valence-corrected chi connectivity index (χ1v) is 7.53. The van der Waals surface area contributed by atoms with Crippen LogP contribution >= 0.6 is 0 Å². The highest BCUT2D eigenvalue weighted by atomic mass is 16.5. The Labute approximate surface area is 134 Å². The number of hydrogen-bond acceptors (Lipinski definition) is 2. The van der Waals surface area contributed by atoms with Crippen molar-refractivity contribution in [3.05, 3.63) is 73.1 Å². The van der Waals surface area contributed by atoms with Gasteiger partial charge in [-0.1, -0.05) is 42.5 Å². The van der Waals surface area contributed by atoms with Gasteiger partial charge in [-0.3, -0.25) is 0 Å². The topological polar surface area (TPSA) is 37.9 Å². The number of rotatable bonds is 3. The van der Waals surface area contributed by atoms with Gasteiger partial charge in [0.1, 0.15) is 11.6 Å². The van der Waals surface area contributed by atoms with Crippen molar-refractivity contribution in [3.63, 3.8) is 0 Å². The number of nitrogens with zero attached hydrogens (tertiary/aromatic N) is 1. The van der Waals surface area contributed by atoms with Crippen LogP contribution in [-0.4, -0.2) is 17.1 Å². The third kappa shape index (κ3) is 2.36. The summed E-state index contributed by atoms with van der Waals surface area (Å²) < 4.78 is 5.39. The van der Waals surface area contributed by atoms with Crippen LogP contribution in [0.1, 0.15) is 0 Å². The highest BCUT2D eigenvalue weighted by molar-refractivity contribution is 6.00.